The van der Waals surface area contributed by atoms with Crippen LogP contribution in [-0.4, -0.2) is 24.1 Å². The van der Waals surface area contributed by atoms with Gasteiger partial charge in [0.25, 0.3) is 0 Å². The van der Waals surface area contributed by atoms with E-state index in [2.05, 4.69) is 41.1 Å². The first-order chi connectivity index (χ1) is 9.74. The van der Waals surface area contributed by atoms with Crippen LogP contribution >= 0.6 is 0 Å². The molecule has 3 heteroatoms. The highest BCUT2D eigenvalue weighted by molar-refractivity contribution is 5.94. The highest BCUT2D eigenvalue weighted by atomic mass is 15.2. The van der Waals surface area contributed by atoms with Gasteiger partial charge in [-0.2, -0.15) is 0 Å². The molecule has 1 aliphatic carbocycles. The number of nitrogens with two attached hydrogens (primary N) is 1. The van der Waals surface area contributed by atoms with Crippen LogP contribution in [0.3, 0.4) is 0 Å². The summed E-state index contributed by atoms with van der Waals surface area (Å²) in [7, 11) is 0. The fraction of sp³-hybridized carbons (Fsp3) is 0.471. The molecule has 0 amide bonds. The van der Waals surface area contributed by atoms with Gasteiger partial charge in [-0.1, -0.05) is 18.2 Å². The number of aryl methyl sites for hydroxylation is 1. The number of hydrogen-bond acceptors (Lipinski definition) is 3. The van der Waals surface area contributed by atoms with Crippen molar-refractivity contribution < 1.29 is 0 Å². The Balaban J connectivity index is 1.75. The van der Waals surface area contributed by atoms with Crippen molar-refractivity contribution in [1.29, 1.82) is 0 Å². The van der Waals surface area contributed by atoms with Gasteiger partial charge in [0.05, 0.1) is 0 Å². The van der Waals surface area contributed by atoms with Crippen molar-refractivity contribution >= 4 is 16.6 Å². The van der Waals surface area contributed by atoms with Gasteiger partial charge in [-0.15, -0.1) is 0 Å². The fourth-order valence-electron chi connectivity index (χ4n) is 4.08. The maximum absolute atomic E-state index is 6.25. The van der Waals surface area contributed by atoms with Crippen LogP contribution in [0.1, 0.15) is 18.4 Å². The zero-order valence-electron chi connectivity index (χ0n) is 11.9. The molecule has 2 fully saturated rings. The second kappa shape index (κ2) is 4.45. The molecule has 2 aliphatic rings. The highest BCUT2D eigenvalue weighted by Crippen LogP contribution is 2.40. The summed E-state index contributed by atoms with van der Waals surface area (Å²) in [6.07, 6.45) is 4.43. The third-order valence-corrected chi connectivity index (χ3v) is 5.21. The number of fused-ring (bicyclic) bond motifs is 2. The second-order valence-corrected chi connectivity index (χ2v) is 6.37. The van der Waals surface area contributed by atoms with E-state index in [4.69, 9.17) is 5.73 Å². The topological polar surface area (TPSA) is 42.1 Å². The highest BCUT2D eigenvalue weighted by Gasteiger charge is 2.41. The molecular weight excluding hydrogens is 246 g/mol. The third kappa shape index (κ3) is 1.73. The summed E-state index contributed by atoms with van der Waals surface area (Å²) in [6.45, 7) is 4.37. The summed E-state index contributed by atoms with van der Waals surface area (Å²) in [5, 5.41) is 2.60. The van der Waals surface area contributed by atoms with Crippen LogP contribution in [0.4, 0.5) is 5.82 Å². The minimum absolute atomic E-state index is 0.390. The lowest BCUT2D eigenvalue weighted by atomic mass is 9.98. The summed E-state index contributed by atoms with van der Waals surface area (Å²) in [5.74, 6) is 2.58. The predicted molar refractivity (Wildman–Crippen MR) is 82.9 cm³/mol. The number of anilines is 1. The van der Waals surface area contributed by atoms with Gasteiger partial charge >= 0.3 is 0 Å². The summed E-state index contributed by atoms with van der Waals surface area (Å²) < 4.78 is 0. The molecule has 20 heavy (non-hydrogen) atoms. The van der Waals surface area contributed by atoms with Crippen LogP contribution in [0.25, 0.3) is 10.8 Å². The van der Waals surface area contributed by atoms with E-state index in [-0.39, 0.29) is 0 Å². The average molecular weight is 267 g/mol. The van der Waals surface area contributed by atoms with Gasteiger partial charge in [0.15, 0.2) is 0 Å². The van der Waals surface area contributed by atoms with E-state index in [1.165, 1.54) is 29.2 Å². The number of aromatic nitrogens is 1. The van der Waals surface area contributed by atoms with Crippen LogP contribution in [0.15, 0.2) is 30.5 Å². The van der Waals surface area contributed by atoms with Crippen LogP contribution in [0.5, 0.6) is 0 Å². The van der Waals surface area contributed by atoms with E-state index in [1.54, 1.807) is 0 Å². The SMILES string of the molecule is Cc1cccc2c(N3CC4CCC(N)C4C3)nccc12. The lowest BCUT2D eigenvalue weighted by molar-refractivity contribution is 0.453. The largest absolute Gasteiger partial charge is 0.355 e. The molecule has 1 saturated carbocycles. The molecule has 0 spiro atoms. The normalized spacial score (nSPS) is 29.1. The van der Waals surface area contributed by atoms with E-state index in [0.29, 0.717) is 12.0 Å². The molecule has 2 heterocycles. The molecule has 2 N–H and O–H groups in total. The molecule has 3 nitrogen and oxygen atoms in total. The molecule has 2 aromatic rings. The maximum Gasteiger partial charge on any atom is 0.136 e. The first kappa shape index (κ1) is 12.2. The predicted octanol–water partition coefficient (Wildman–Crippen LogP) is 2.72. The smallest absolute Gasteiger partial charge is 0.136 e. The molecule has 0 bridgehead atoms. The summed E-state index contributed by atoms with van der Waals surface area (Å²) in [4.78, 5) is 7.12. The van der Waals surface area contributed by atoms with Crippen molar-refractivity contribution in [2.24, 2.45) is 17.6 Å². The number of hydrogen-bond donors (Lipinski definition) is 1. The second-order valence-electron chi connectivity index (χ2n) is 6.37. The fourth-order valence-corrected chi connectivity index (χ4v) is 4.08. The van der Waals surface area contributed by atoms with E-state index >= 15 is 0 Å². The van der Waals surface area contributed by atoms with Crippen LogP contribution in [0.2, 0.25) is 0 Å². The Morgan fingerprint density at radius 2 is 2.05 bits per heavy atom. The average Bonchev–Trinajstić information content (AvgIpc) is 3.02. The van der Waals surface area contributed by atoms with Crippen LogP contribution in [-0.2, 0) is 0 Å². The zero-order valence-corrected chi connectivity index (χ0v) is 11.9. The van der Waals surface area contributed by atoms with Gasteiger partial charge in [0.1, 0.15) is 5.82 Å². The van der Waals surface area contributed by atoms with Crippen LogP contribution < -0.4 is 10.6 Å². The first-order valence-electron chi connectivity index (χ1n) is 7.59. The first-order valence-corrected chi connectivity index (χ1v) is 7.59. The van der Waals surface area contributed by atoms with Gasteiger partial charge in [-0.3, -0.25) is 0 Å². The van der Waals surface area contributed by atoms with E-state index < -0.39 is 0 Å². The molecule has 104 valence electrons. The third-order valence-electron chi connectivity index (χ3n) is 5.21. The van der Waals surface area contributed by atoms with Gasteiger partial charge in [-0.25, -0.2) is 4.98 Å². The maximum atomic E-state index is 6.25. The van der Waals surface area contributed by atoms with Gasteiger partial charge in [0.2, 0.25) is 0 Å². The number of nitrogens with zero attached hydrogens (tertiary/aromatic N) is 2. The van der Waals surface area contributed by atoms with Crippen molar-refractivity contribution in [2.75, 3.05) is 18.0 Å². The van der Waals surface area contributed by atoms with Crippen molar-refractivity contribution in [1.82, 2.24) is 4.98 Å². The van der Waals surface area contributed by atoms with Crippen molar-refractivity contribution in [3.05, 3.63) is 36.0 Å². The Morgan fingerprint density at radius 3 is 2.90 bits per heavy atom. The zero-order chi connectivity index (χ0) is 13.7. The van der Waals surface area contributed by atoms with E-state index in [0.717, 1.165) is 24.8 Å². The van der Waals surface area contributed by atoms with E-state index in [1.807, 2.05) is 6.20 Å². The lowest BCUT2D eigenvalue weighted by Crippen LogP contribution is -2.30. The quantitative estimate of drug-likeness (QED) is 0.864. The van der Waals surface area contributed by atoms with Gasteiger partial charge < -0.3 is 10.6 Å². The Bertz CT molecular complexity index is 652. The van der Waals surface area contributed by atoms with E-state index in [9.17, 15) is 0 Å². The summed E-state index contributed by atoms with van der Waals surface area (Å²) in [6, 6.07) is 9.00. The molecule has 4 rings (SSSR count). The summed E-state index contributed by atoms with van der Waals surface area (Å²) in [5.41, 5.74) is 7.57. The van der Waals surface area contributed by atoms with Crippen molar-refractivity contribution in [3.63, 3.8) is 0 Å². The molecule has 1 saturated heterocycles. The molecule has 3 atom stereocenters. The number of pyridine rings is 1. The molecule has 1 aliphatic heterocycles. The standard InChI is InChI=1S/C17H21N3/c1-11-3-2-4-14-13(11)7-8-19-17(14)20-9-12-5-6-16(18)15(12)10-20/h2-4,7-8,12,15-16H,5-6,9-10,18H2,1H3. The summed E-state index contributed by atoms with van der Waals surface area (Å²) >= 11 is 0. The van der Waals surface area contributed by atoms with Crippen molar-refractivity contribution in [2.45, 2.75) is 25.8 Å². The number of rotatable bonds is 1. The minimum Gasteiger partial charge on any atom is -0.355 e. The molecular formula is C17H21N3. The Kier molecular flexibility index (Phi) is 2.71. The minimum atomic E-state index is 0.390. The Morgan fingerprint density at radius 1 is 1.15 bits per heavy atom. The van der Waals surface area contributed by atoms with Gasteiger partial charge in [-0.05, 0) is 48.6 Å². The van der Waals surface area contributed by atoms with Crippen LogP contribution in [0, 0.1) is 18.8 Å². The van der Waals surface area contributed by atoms with Gasteiger partial charge in [0, 0.05) is 30.7 Å². The Hall–Kier alpha value is -1.61. The molecule has 1 aromatic heterocycles. The molecule has 1 aromatic carbocycles. The Labute approximate surface area is 119 Å². The molecule has 3 unspecified atom stereocenters. The molecule has 0 radical (unpaired) electrons. The lowest BCUT2D eigenvalue weighted by Gasteiger charge is -2.21. The monoisotopic (exact) mass is 267 g/mol. The number of benzene rings is 1. The van der Waals surface area contributed by atoms with Crippen molar-refractivity contribution in [3.8, 4) is 0 Å².